The van der Waals surface area contributed by atoms with E-state index in [-0.39, 0.29) is 18.4 Å². The fourth-order valence-electron chi connectivity index (χ4n) is 2.17. The first kappa shape index (κ1) is 21.0. The zero-order valence-electron chi connectivity index (χ0n) is 15.6. The number of anilines is 1. The summed E-state index contributed by atoms with van der Waals surface area (Å²) in [6.45, 7) is 7.88. The summed E-state index contributed by atoms with van der Waals surface area (Å²) >= 11 is 0. The number of unbranched alkanes of at least 4 members (excludes halogenated alkanes) is 1. The van der Waals surface area contributed by atoms with Crippen LogP contribution in [0.2, 0.25) is 0 Å². The summed E-state index contributed by atoms with van der Waals surface area (Å²) < 4.78 is 5.16. The van der Waals surface area contributed by atoms with E-state index in [1.54, 1.807) is 24.3 Å². The molecule has 6 heteroatoms. The molecular weight excluding hydrogens is 320 g/mol. The van der Waals surface area contributed by atoms with Gasteiger partial charge in [-0.2, -0.15) is 0 Å². The Hall–Kier alpha value is -2.08. The topological polar surface area (TPSA) is 87.7 Å². The number of aliphatic hydroxyl groups excluding tert-OH is 1. The summed E-state index contributed by atoms with van der Waals surface area (Å²) in [5.74, 6) is -0.143. The molecule has 2 amide bonds. The van der Waals surface area contributed by atoms with Crippen molar-refractivity contribution in [1.82, 2.24) is 5.32 Å². The van der Waals surface area contributed by atoms with Gasteiger partial charge in [0.15, 0.2) is 0 Å². The molecule has 1 aromatic rings. The number of aliphatic hydroxyl groups is 1. The summed E-state index contributed by atoms with van der Waals surface area (Å²) in [5, 5.41) is 14.6. The van der Waals surface area contributed by atoms with Gasteiger partial charge in [-0.15, -0.1) is 0 Å². The van der Waals surface area contributed by atoms with E-state index in [9.17, 15) is 9.59 Å². The molecule has 0 spiro atoms. The number of alkyl carbamates (subject to hydrolysis) is 1. The van der Waals surface area contributed by atoms with Crippen LogP contribution in [0.1, 0.15) is 52.5 Å². The summed E-state index contributed by atoms with van der Waals surface area (Å²) in [6, 6.07) is 7.12. The molecule has 6 nitrogen and oxygen atoms in total. The van der Waals surface area contributed by atoms with Gasteiger partial charge in [0.25, 0.3) is 0 Å². The van der Waals surface area contributed by atoms with Crippen LogP contribution in [0, 0.1) is 5.92 Å². The third-order valence-corrected chi connectivity index (χ3v) is 3.58. The lowest BCUT2D eigenvalue weighted by molar-refractivity contribution is -0.119. The molecular formula is C19H30N2O4. The Morgan fingerprint density at radius 2 is 1.80 bits per heavy atom. The molecule has 0 bridgehead atoms. The van der Waals surface area contributed by atoms with Gasteiger partial charge in [-0.05, 0) is 51.3 Å². The lowest BCUT2D eigenvalue weighted by Crippen LogP contribution is -2.33. The van der Waals surface area contributed by atoms with Crippen LogP contribution in [-0.2, 0) is 16.1 Å². The van der Waals surface area contributed by atoms with Crippen LogP contribution in [0.25, 0.3) is 0 Å². The number of carbonyl (C=O) groups excluding carboxylic acids is 2. The molecule has 0 aliphatic carbocycles. The zero-order valence-corrected chi connectivity index (χ0v) is 15.6. The Labute approximate surface area is 150 Å². The van der Waals surface area contributed by atoms with Crippen LogP contribution < -0.4 is 10.6 Å². The maximum Gasteiger partial charge on any atom is 0.407 e. The highest BCUT2D eigenvalue weighted by molar-refractivity contribution is 5.92. The zero-order chi connectivity index (χ0) is 18.9. The van der Waals surface area contributed by atoms with Crippen molar-refractivity contribution in [3.05, 3.63) is 29.8 Å². The highest BCUT2D eigenvalue weighted by Gasteiger charge is 2.16. The molecule has 1 rings (SSSR count). The highest BCUT2D eigenvalue weighted by atomic mass is 16.6. The molecule has 0 aliphatic heterocycles. The molecule has 0 aliphatic rings. The molecule has 1 aromatic carbocycles. The van der Waals surface area contributed by atoms with E-state index in [1.807, 2.05) is 27.7 Å². The standard InChI is InChI=1S/C19H30N2O4/c1-14(7-5-6-12-20-18(24)25-19(2,3)4)17(23)21-16-10-8-15(13-22)9-11-16/h8-11,14,22H,5-7,12-13H2,1-4H3,(H,20,24)(H,21,23)/t14-/m0/s1. The molecule has 3 N–H and O–H groups in total. The van der Waals surface area contributed by atoms with E-state index in [0.29, 0.717) is 6.54 Å². The molecule has 0 unspecified atom stereocenters. The molecule has 0 saturated heterocycles. The predicted octanol–water partition coefficient (Wildman–Crippen LogP) is 3.45. The van der Waals surface area contributed by atoms with E-state index in [2.05, 4.69) is 10.6 Å². The van der Waals surface area contributed by atoms with Crippen molar-refractivity contribution in [2.45, 2.75) is 59.2 Å². The van der Waals surface area contributed by atoms with E-state index in [4.69, 9.17) is 9.84 Å². The Morgan fingerprint density at radius 3 is 2.36 bits per heavy atom. The van der Waals surface area contributed by atoms with Crippen molar-refractivity contribution in [1.29, 1.82) is 0 Å². The molecule has 0 radical (unpaired) electrons. The second-order valence-corrected chi connectivity index (χ2v) is 7.17. The number of hydrogen-bond donors (Lipinski definition) is 3. The molecule has 1 atom stereocenters. The van der Waals surface area contributed by atoms with Crippen LogP contribution in [0.4, 0.5) is 10.5 Å². The van der Waals surface area contributed by atoms with Crippen molar-refractivity contribution in [2.75, 3.05) is 11.9 Å². The van der Waals surface area contributed by atoms with Gasteiger partial charge in [0, 0.05) is 18.2 Å². The first-order valence-corrected chi connectivity index (χ1v) is 8.69. The Kier molecular flexibility index (Phi) is 8.41. The van der Waals surface area contributed by atoms with Gasteiger partial charge >= 0.3 is 6.09 Å². The van der Waals surface area contributed by atoms with Gasteiger partial charge in [0.05, 0.1) is 6.61 Å². The second-order valence-electron chi connectivity index (χ2n) is 7.17. The van der Waals surface area contributed by atoms with Crippen molar-refractivity contribution < 1.29 is 19.4 Å². The maximum atomic E-state index is 12.1. The Balaban J connectivity index is 2.21. The highest BCUT2D eigenvalue weighted by Crippen LogP contribution is 2.14. The number of rotatable bonds is 8. The minimum Gasteiger partial charge on any atom is -0.444 e. The predicted molar refractivity (Wildman–Crippen MR) is 98.2 cm³/mol. The van der Waals surface area contributed by atoms with Crippen LogP contribution in [0.3, 0.4) is 0 Å². The molecule has 0 heterocycles. The summed E-state index contributed by atoms with van der Waals surface area (Å²) in [7, 11) is 0. The maximum absolute atomic E-state index is 12.1. The lowest BCUT2D eigenvalue weighted by Gasteiger charge is -2.19. The largest absolute Gasteiger partial charge is 0.444 e. The Bertz CT molecular complexity index is 550. The SMILES string of the molecule is C[C@@H](CCCCNC(=O)OC(C)(C)C)C(=O)Nc1ccc(CO)cc1. The average molecular weight is 350 g/mol. The minimum absolute atomic E-state index is 0.0119. The van der Waals surface area contributed by atoms with Gasteiger partial charge in [0.2, 0.25) is 5.91 Å². The third-order valence-electron chi connectivity index (χ3n) is 3.58. The number of amides is 2. The normalized spacial score (nSPS) is 12.4. The van der Waals surface area contributed by atoms with E-state index in [1.165, 1.54) is 0 Å². The Morgan fingerprint density at radius 1 is 1.16 bits per heavy atom. The molecule has 140 valence electrons. The van der Waals surface area contributed by atoms with Crippen molar-refractivity contribution in [3.63, 3.8) is 0 Å². The summed E-state index contributed by atoms with van der Waals surface area (Å²) in [4.78, 5) is 23.6. The van der Waals surface area contributed by atoms with Crippen LogP contribution in [-0.4, -0.2) is 29.3 Å². The first-order valence-electron chi connectivity index (χ1n) is 8.69. The van der Waals surface area contributed by atoms with E-state index in [0.717, 1.165) is 30.5 Å². The minimum atomic E-state index is -0.494. The van der Waals surface area contributed by atoms with Crippen molar-refractivity contribution in [3.8, 4) is 0 Å². The fourth-order valence-corrected chi connectivity index (χ4v) is 2.17. The fraction of sp³-hybridized carbons (Fsp3) is 0.579. The van der Waals surface area contributed by atoms with Gasteiger partial charge in [-0.25, -0.2) is 4.79 Å². The van der Waals surface area contributed by atoms with Gasteiger partial charge in [-0.3, -0.25) is 4.79 Å². The molecule has 0 aromatic heterocycles. The summed E-state index contributed by atoms with van der Waals surface area (Å²) in [6.07, 6.45) is 1.97. The molecule has 0 fully saturated rings. The first-order chi connectivity index (χ1) is 11.7. The summed E-state index contributed by atoms with van der Waals surface area (Å²) in [5.41, 5.74) is 1.04. The van der Waals surface area contributed by atoms with Crippen molar-refractivity contribution in [2.24, 2.45) is 5.92 Å². The van der Waals surface area contributed by atoms with Crippen LogP contribution in [0.5, 0.6) is 0 Å². The second kappa shape index (κ2) is 10.0. The molecule has 0 saturated carbocycles. The number of nitrogens with one attached hydrogen (secondary N) is 2. The van der Waals surface area contributed by atoms with Gasteiger partial charge in [0.1, 0.15) is 5.60 Å². The van der Waals surface area contributed by atoms with Crippen LogP contribution >= 0.6 is 0 Å². The number of hydrogen-bond acceptors (Lipinski definition) is 4. The van der Waals surface area contributed by atoms with Gasteiger partial charge < -0.3 is 20.5 Å². The number of carbonyl (C=O) groups is 2. The quantitative estimate of drug-likeness (QED) is 0.627. The average Bonchev–Trinajstić information content (AvgIpc) is 2.53. The number of benzene rings is 1. The van der Waals surface area contributed by atoms with E-state index >= 15 is 0 Å². The lowest BCUT2D eigenvalue weighted by atomic mass is 10.0. The third kappa shape index (κ3) is 9.10. The van der Waals surface area contributed by atoms with E-state index < -0.39 is 11.7 Å². The van der Waals surface area contributed by atoms with Gasteiger partial charge in [-0.1, -0.05) is 25.5 Å². The molecule has 25 heavy (non-hydrogen) atoms. The monoisotopic (exact) mass is 350 g/mol. The van der Waals surface area contributed by atoms with Crippen molar-refractivity contribution >= 4 is 17.7 Å². The number of ether oxygens (including phenoxy) is 1. The van der Waals surface area contributed by atoms with Crippen LogP contribution in [0.15, 0.2) is 24.3 Å². The smallest absolute Gasteiger partial charge is 0.407 e.